The summed E-state index contributed by atoms with van der Waals surface area (Å²) in [4.78, 5) is 27.7. The van der Waals surface area contributed by atoms with Gasteiger partial charge in [-0.25, -0.2) is 19.7 Å². The third-order valence-corrected chi connectivity index (χ3v) is 5.79. The Labute approximate surface area is 192 Å². The Morgan fingerprint density at radius 3 is 2.81 bits per heavy atom. The van der Waals surface area contributed by atoms with E-state index in [1.807, 2.05) is 37.3 Å². The number of hydrogen-bond donors (Lipinski definition) is 2. The smallest absolute Gasteiger partial charge is 0.407 e. The van der Waals surface area contributed by atoms with Crippen LogP contribution in [-0.4, -0.2) is 46.8 Å². The van der Waals surface area contributed by atoms with Crippen molar-refractivity contribution in [2.75, 3.05) is 29.9 Å². The Bertz CT molecular complexity index is 1070. The first kappa shape index (κ1) is 22.1. The van der Waals surface area contributed by atoms with Gasteiger partial charge in [-0.1, -0.05) is 36.7 Å². The van der Waals surface area contributed by atoms with E-state index in [-0.39, 0.29) is 12.2 Å². The first-order valence-corrected chi connectivity index (χ1v) is 11.3. The van der Waals surface area contributed by atoms with Gasteiger partial charge in [-0.2, -0.15) is 0 Å². The monoisotopic (exact) mass is 454 g/mol. The minimum atomic E-state index is -0.334. The number of fused-ring (bicyclic) bond motifs is 1. The largest absolute Gasteiger partial charge is 0.446 e. The average Bonchev–Trinajstić information content (AvgIpc) is 2.82. The molecule has 168 valence electrons. The zero-order chi connectivity index (χ0) is 22.3. The molecule has 3 aromatic rings. The molecule has 3 heterocycles. The van der Waals surface area contributed by atoms with Crippen LogP contribution in [-0.2, 0) is 11.3 Å². The normalized spacial score (nSPS) is 14.4. The van der Waals surface area contributed by atoms with Crippen LogP contribution in [0.25, 0.3) is 10.9 Å². The highest BCUT2D eigenvalue weighted by atomic mass is 35.5. The molecule has 1 amide bonds. The lowest BCUT2D eigenvalue weighted by molar-refractivity contribution is 0.0833. The fourth-order valence-corrected chi connectivity index (χ4v) is 3.90. The van der Waals surface area contributed by atoms with E-state index in [0.717, 1.165) is 54.6 Å². The fourth-order valence-electron chi connectivity index (χ4n) is 3.70. The van der Waals surface area contributed by atoms with Crippen LogP contribution in [0.3, 0.4) is 0 Å². The van der Waals surface area contributed by atoms with Crippen molar-refractivity contribution in [3.05, 3.63) is 53.3 Å². The molecule has 1 aliphatic heterocycles. The van der Waals surface area contributed by atoms with Gasteiger partial charge < -0.3 is 20.3 Å². The molecule has 1 aliphatic rings. The topological polar surface area (TPSA) is 92.3 Å². The number of carbonyl (C=O) groups excluding carboxylic acids is 1. The van der Waals surface area contributed by atoms with Crippen molar-refractivity contribution in [1.29, 1.82) is 0 Å². The Hall–Kier alpha value is -3.13. The molecule has 0 spiro atoms. The number of pyridine rings is 1. The molecule has 2 N–H and O–H groups in total. The van der Waals surface area contributed by atoms with Gasteiger partial charge in [-0.05, 0) is 24.1 Å². The number of alkyl carbamates (subject to hydrolysis) is 1. The van der Waals surface area contributed by atoms with E-state index < -0.39 is 0 Å². The number of ether oxygens (including phenoxy) is 1. The van der Waals surface area contributed by atoms with Crippen LogP contribution in [0.5, 0.6) is 0 Å². The number of halogens is 1. The summed E-state index contributed by atoms with van der Waals surface area (Å²) in [6.45, 7) is 4.70. The highest BCUT2D eigenvalue weighted by molar-refractivity contribution is 6.31. The number of benzene rings is 1. The number of nitrogens with one attached hydrogen (secondary N) is 2. The summed E-state index contributed by atoms with van der Waals surface area (Å²) in [5.41, 5.74) is 1.81. The second-order valence-corrected chi connectivity index (χ2v) is 8.13. The lowest BCUT2D eigenvalue weighted by Gasteiger charge is -2.32. The Morgan fingerprint density at radius 1 is 1.22 bits per heavy atom. The van der Waals surface area contributed by atoms with Crippen molar-refractivity contribution in [1.82, 2.24) is 20.3 Å². The van der Waals surface area contributed by atoms with Gasteiger partial charge in [-0.3, -0.25) is 0 Å². The van der Waals surface area contributed by atoms with E-state index in [2.05, 4.69) is 30.5 Å². The average molecular weight is 455 g/mol. The van der Waals surface area contributed by atoms with Crippen molar-refractivity contribution in [2.45, 2.75) is 38.8 Å². The number of hydrogen-bond acceptors (Lipinski definition) is 7. The predicted octanol–water partition coefficient (Wildman–Crippen LogP) is 4.40. The lowest BCUT2D eigenvalue weighted by Crippen LogP contribution is -2.40. The summed E-state index contributed by atoms with van der Waals surface area (Å²) >= 11 is 6.23. The summed E-state index contributed by atoms with van der Waals surface area (Å²) < 4.78 is 5.51. The van der Waals surface area contributed by atoms with Crippen LogP contribution in [0.4, 0.5) is 16.6 Å². The number of carbonyl (C=O) groups is 1. The third kappa shape index (κ3) is 5.37. The van der Waals surface area contributed by atoms with E-state index in [1.165, 1.54) is 0 Å². The molecule has 0 bridgehead atoms. The van der Waals surface area contributed by atoms with E-state index in [9.17, 15) is 4.79 Å². The molecule has 0 atom stereocenters. The second kappa shape index (κ2) is 10.5. The maximum atomic E-state index is 11.8. The van der Waals surface area contributed by atoms with Crippen molar-refractivity contribution in [3.63, 3.8) is 0 Å². The molecule has 2 aromatic heterocycles. The van der Waals surface area contributed by atoms with Crippen LogP contribution in [0, 0.1) is 0 Å². The molecule has 0 radical (unpaired) electrons. The second-order valence-electron chi connectivity index (χ2n) is 7.72. The standard InChI is InChI=1S/C23H27ClN6O2/c1-2-10-26-23(31)32-17-8-12-30(13-9-17)21-18-15-28-22(29-20(18)7-11-25-21)27-14-16-5-3-4-6-19(16)24/h3-7,11,15,17H,2,8-10,12-14H2,1H3,(H,26,31)(H,27,28,29). The number of piperidine rings is 1. The molecule has 9 heteroatoms. The Kier molecular flexibility index (Phi) is 7.21. The van der Waals surface area contributed by atoms with Crippen molar-refractivity contribution in [3.8, 4) is 0 Å². The lowest BCUT2D eigenvalue weighted by atomic mass is 10.1. The maximum Gasteiger partial charge on any atom is 0.407 e. The Balaban J connectivity index is 1.40. The van der Waals surface area contributed by atoms with Gasteiger partial charge in [0.15, 0.2) is 0 Å². The minimum Gasteiger partial charge on any atom is -0.446 e. The first-order chi connectivity index (χ1) is 15.6. The zero-order valence-corrected chi connectivity index (χ0v) is 18.8. The van der Waals surface area contributed by atoms with Gasteiger partial charge in [-0.15, -0.1) is 0 Å². The number of anilines is 2. The molecule has 8 nitrogen and oxygen atoms in total. The summed E-state index contributed by atoms with van der Waals surface area (Å²) in [6.07, 6.45) is 5.57. The SMILES string of the molecule is CCCNC(=O)OC1CCN(c2nccc3nc(NCc4ccccc4Cl)ncc23)CC1. The Morgan fingerprint density at radius 2 is 2.03 bits per heavy atom. The maximum absolute atomic E-state index is 11.8. The van der Waals surface area contributed by atoms with Gasteiger partial charge >= 0.3 is 6.09 Å². The van der Waals surface area contributed by atoms with Crippen molar-refractivity contribution in [2.24, 2.45) is 0 Å². The predicted molar refractivity (Wildman–Crippen MR) is 126 cm³/mol. The van der Waals surface area contributed by atoms with Crippen LogP contribution in [0.1, 0.15) is 31.7 Å². The van der Waals surface area contributed by atoms with E-state index >= 15 is 0 Å². The minimum absolute atomic E-state index is 0.0741. The molecule has 1 saturated heterocycles. The van der Waals surface area contributed by atoms with Crippen molar-refractivity contribution >= 4 is 40.4 Å². The highest BCUT2D eigenvalue weighted by Crippen LogP contribution is 2.27. The number of aromatic nitrogens is 3. The summed E-state index contributed by atoms with van der Waals surface area (Å²) in [5, 5.41) is 7.60. The number of amides is 1. The molecule has 1 fully saturated rings. The fraction of sp³-hybridized carbons (Fsp3) is 0.391. The van der Waals surface area contributed by atoms with Gasteiger partial charge in [0.1, 0.15) is 11.9 Å². The molecule has 0 saturated carbocycles. The molecule has 1 aromatic carbocycles. The van der Waals surface area contributed by atoms with Gasteiger partial charge in [0.25, 0.3) is 0 Å². The summed E-state index contributed by atoms with van der Waals surface area (Å²) in [7, 11) is 0. The molecular formula is C23H27ClN6O2. The van der Waals surface area contributed by atoms with Gasteiger partial charge in [0.2, 0.25) is 5.95 Å². The van der Waals surface area contributed by atoms with E-state index in [4.69, 9.17) is 16.3 Å². The number of rotatable bonds is 7. The van der Waals surface area contributed by atoms with Crippen LogP contribution >= 0.6 is 11.6 Å². The highest BCUT2D eigenvalue weighted by Gasteiger charge is 2.24. The van der Waals surface area contributed by atoms with Crippen LogP contribution in [0.15, 0.2) is 42.7 Å². The van der Waals surface area contributed by atoms with Crippen LogP contribution < -0.4 is 15.5 Å². The summed E-state index contributed by atoms with van der Waals surface area (Å²) in [5.74, 6) is 1.40. The van der Waals surface area contributed by atoms with Gasteiger partial charge in [0, 0.05) is 56.4 Å². The van der Waals surface area contributed by atoms with E-state index in [1.54, 1.807) is 12.4 Å². The van der Waals surface area contributed by atoms with E-state index in [0.29, 0.717) is 24.1 Å². The number of nitrogens with zero attached hydrogens (tertiary/aromatic N) is 4. The molecular weight excluding hydrogens is 428 g/mol. The quantitative estimate of drug-likeness (QED) is 0.546. The third-order valence-electron chi connectivity index (χ3n) is 5.42. The molecule has 0 unspecified atom stereocenters. The first-order valence-electron chi connectivity index (χ1n) is 10.9. The van der Waals surface area contributed by atoms with Crippen molar-refractivity contribution < 1.29 is 9.53 Å². The van der Waals surface area contributed by atoms with Crippen LogP contribution in [0.2, 0.25) is 5.02 Å². The molecule has 32 heavy (non-hydrogen) atoms. The van der Waals surface area contributed by atoms with Gasteiger partial charge in [0.05, 0.1) is 10.9 Å². The molecule has 4 rings (SSSR count). The molecule has 0 aliphatic carbocycles. The summed E-state index contributed by atoms with van der Waals surface area (Å²) in [6, 6.07) is 9.58. The zero-order valence-electron chi connectivity index (χ0n) is 18.1.